The summed E-state index contributed by atoms with van der Waals surface area (Å²) in [5, 5.41) is 11.5. The van der Waals surface area contributed by atoms with Crippen molar-refractivity contribution >= 4 is 51.7 Å². The van der Waals surface area contributed by atoms with Gasteiger partial charge in [0, 0.05) is 12.1 Å². The number of amides is 1. The SMILES string of the molecule is Cc1cc(-c2ccc(/C=C3\SC(=S)N(c4ccccc4C)C3=O)o2)c([N+](=O)[O-])cc1C. The van der Waals surface area contributed by atoms with Crippen LogP contribution in [0.25, 0.3) is 17.4 Å². The molecule has 31 heavy (non-hydrogen) atoms. The molecule has 1 amide bonds. The first-order valence-electron chi connectivity index (χ1n) is 9.45. The smallest absolute Gasteiger partial charge is 0.280 e. The number of hydrogen-bond donors (Lipinski definition) is 0. The van der Waals surface area contributed by atoms with Crippen molar-refractivity contribution in [1.29, 1.82) is 0 Å². The minimum absolute atomic E-state index is 0.0186. The van der Waals surface area contributed by atoms with E-state index >= 15 is 0 Å². The van der Waals surface area contributed by atoms with E-state index < -0.39 is 4.92 Å². The molecule has 2 aromatic carbocycles. The second-order valence-corrected chi connectivity index (χ2v) is 8.89. The van der Waals surface area contributed by atoms with Crippen LogP contribution in [0.2, 0.25) is 0 Å². The predicted octanol–water partition coefficient (Wildman–Crippen LogP) is 6.19. The Bertz CT molecular complexity index is 1280. The predicted molar refractivity (Wildman–Crippen MR) is 127 cm³/mol. The van der Waals surface area contributed by atoms with Gasteiger partial charge in [-0.2, -0.15) is 0 Å². The largest absolute Gasteiger partial charge is 0.456 e. The van der Waals surface area contributed by atoms with Crippen LogP contribution in [0, 0.1) is 30.9 Å². The number of para-hydroxylation sites is 1. The van der Waals surface area contributed by atoms with Crippen LogP contribution in [-0.2, 0) is 4.79 Å². The average molecular weight is 451 g/mol. The summed E-state index contributed by atoms with van der Waals surface area (Å²) in [7, 11) is 0. The molecule has 1 aliphatic heterocycles. The topological polar surface area (TPSA) is 76.6 Å². The Labute approximate surface area is 188 Å². The van der Waals surface area contributed by atoms with Crippen LogP contribution in [-0.4, -0.2) is 15.2 Å². The number of nitrogens with zero attached hydrogens (tertiary/aromatic N) is 2. The molecular formula is C23H18N2O4S2. The zero-order valence-corrected chi connectivity index (χ0v) is 18.7. The lowest BCUT2D eigenvalue weighted by Crippen LogP contribution is -2.28. The van der Waals surface area contributed by atoms with E-state index in [1.54, 1.807) is 30.3 Å². The van der Waals surface area contributed by atoms with E-state index in [9.17, 15) is 14.9 Å². The van der Waals surface area contributed by atoms with Gasteiger partial charge in [0.1, 0.15) is 11.5 Å². The van der Waals surface area contributed by atoms with Gasteiger partial charge in [0.2, 0.25) is 0 Å². The van der Waals surface area contributed by atoms with Crippen LogP contribution in [0.5, 0.6) is 0 Å². The monoisotopic (exact) mass is 450 g/mol. The van der Waals surface area contributed by atoms with Crippen LogP contribution < -0.4 is 4.90 Å². The number of carbonyl (C=O) groups is 1. The summed E-state index contributed by atoms with van der Waals surface area (Å²) in [6.45, 7) is 5.65. The normalized spacial score (nSPS) is 15.2. The fourth-order valence-corrected chi connectivity index (χ4v) is 4.61. The fourth-order valence-electron chi connectivity index (χ4n) is 3.34. The lowest BCUT2D eigenvalue weighted by Gasteiger charge is -2.16. The van der Waals surface area contributed by atoms with Gasteiger partial charge in [0.15, 0.2) is 4.32 Å². The first-order valence-corrected chi connectivity index (χ1v) is 10.7. The zero-order chi connectivity index (χ0) is 22.3. The second kappa shape index (κ2) is 8.13. The van der Waals surface area contributed by atoms with Crippen molar-refractivity contribution in [3.05, 3.63) is 86.0 Å². The number of aryl methyl sites for hydroxylation is 3. The summed E-state index contributed by atoms with van der Waals surface area (Å²) < 4.78 is 6.30. The van der Waals surface area contributed by atoms with Gasteiger partial charge < -0.3 is 4.42 Å². The van der Waals surface area contributed by atoms with Gasteiger partial charge in [-0.3, -0.25) is 19.8 Å². The highest BCUT2D eigenvalue weighted by Crippen LogP contribution is 2.38. The minimum Gasteiger partial charge on any atom is -0.456 e. The van der Waals surface area contributed by atoms with Gasteiger partial charge in [0.25, 0.3) is 11.6 Å². The molecule has 0 N–H and O–H groups in total. The van der Waals surface area contributed by atoms with Crippen LogP contribution in [0.3, 0.4) is 0 Å². The molecule has 0 spiro atoms. The summed E-state index contributed by atoms with van der Waals surface area (Å²) in [4.78, 5) is 26.0. The van der Waals surface area contributed by atoms with E-state index in [1.807, 2.05) is 45.0 Å². The molecule has 1 aliphatic rings. The number of benzene rings is 2. The maximum Gasteiger partial charge on any atom is 0.280 e. The molecule has 0 unspecified atom stereocenters. The summed E-state index contributed by atoms with van der Waals surface area (Å²) in [6.07, 6.45) is 1.62. The Morgan fingerprint density at radius 2 is 1.77 bits per heavy atom. The van der Waals surface area contributed by atoms with Crippen molar-refractivity contribution < 1.29 is 14.1 Å². The number of carbonyl (C=O) groups excluding carboxylic acids is 1. The lowest BCUT2D eigenvalue weighted by atomic mass is 10.0. The quantitative estimate of drug-likeness (QED) is 0.204. The van der Waals surface area contributed by atoms with Crippen molar-refractivity contribution in [3.63, 3.8) is 0 Å². The van der Waals surface area contributed by atoms with E-state index in [0.717, 1.165) is 22.4 Å². The van der Waals surface area contributed by atoms with E-state index in [1.165, 1.54) is 16.7 Å². The minimum atomic E-state index is -0.419. The second-order valence-electron chi connectivity index (χ2n) is 7.22. The summed E-state index contributed by atoms with van der Waals surface area (Å²) in [5.74, 6) is 0.572. The summed E-state index contributed by atoms with van der Waals surface area (Å²) >= 11 is 6.63. The van der Waals surface area contributed by atoms with E-state index in [2.05, 4.69) is 0 Å². The van der Waals surface area contributed by atoms with E-state index in [-0.39, 0.29) is 11.6 Å². The molecular weight excluding hydrogens is 432 g/mol. The molecule has 6 nitrogen and oxygen atoms in total. The van der Waals surface area contributed by atoms with Crippen molar-refractivity contribution in [3.8, 4) is 11.3 Å². The Balaban J connectivity index is 1.68. The maximum atomic E-state index is 13.0. The third kappa shape index (κ3) is 3.92. The molecule has 8 heteroatoms. The number of thiocarbonyl (C=S) groups is 1. The van der Waals surface area contributed by atoms with Gasteiger partial charge in [-0.15, -0.1) is 0 Å². The molecule has 1 saturated heterocycles. The first-order chi connectivity index (χ1) is 14.8. The Kier molecular flexibility index (Phi) is 5.51. The van der Waals surface area contributed by atoms with E-state index in [0.29, 0.717) is 26.3 Å². The molecule has 3 aromatic rings. The highest BCUT2D eigenvalue weighted by molar-refractivity contribution is 8.27. The Hall–Kier alpha value is -3.23. The van der Waals surface area contributed by atoms with Crippen molar-refractivity contribution in [2.75, 3.05) is 4.90 Å². The van der Waals surface area contributed by atoms with E-state index in [4.69, 9.17) is 16.6 Å². The maximum absolute atomic E-state index is 13.0. The van der Waals surface area contributed by atoms with Crippen LogP contribution in [0.15, 0.2) is 57.9 Å². The number of rotatable bonds is 4. The summed E-state index contributed by atoms with van der Waals surface area (Å²) in [5.41, 5.74) is 3.84. The average Bonchev–Trinajstić information content (AvgIpc) is 3.29. The molecule has 0 radical (unpaired) electrons. The summed E-state index contributed by atoms with van der Waals surface area (Å²) in [6, 6.07) is 14.2. The number of nitro benzene ring substituents is 1. The zero-order valence-electron chi connectivity index (χ0n) is 17.0. The number of hydrogen-bond acceptors (Lipinski definition) is 6. The highest BCUT2D eigenvalue weighted by Gasteiger charge is 2.34. The molecule has 1 aromatic heterocycles. The van der Waals surface area contributed by atoms with Crippen molar-refractivity contribution in [2.45, 2.75) is 20.8 Å². The molecule has 156 valence electrons. The number of anilines is 1. The fraction of sp³-hybridized carbons (Fsp3) is 0.130. The molecule has 0 aliphatic carbocycles. The third-order valence-corrected chi connectivity index (χ3v) is 6.43. The third-order valence-electron chi connectivity index (χ3n) is 5.12. The van der Waals surface area contributed by atoms with Crippen LogP contribution in [0.4, 0.5) is 11.4 Å². The van der Waals surface area contributed by atoms with Gasteiger partial charge in [-0.25, -0.2) is 0 Å². The number of thioether (sulfide) groups is 1. The van der Waals surface area contributed by atoms with Crippen LogP contribution in [0.1, 0.15) is 22.5 Å². The molecule has 2 heterocycles. The number of furan rings is 1. The molecule has 0 atom stereocenters. The molecule has 1 fully saturated rings. The van der Waals surface area contributed by atoms with Gasteiger partial charge in [0.05, 0.1) is 21.1 Å². The lowest BCUT2D eigenvalue weighted by molar-refractivity contribution is -0.384. The standard InChI is InChI=1S/C23H18N2O4S2/c1-13-6-4-5-7-18(13)24-22(26)21(31-23(24)30)12-16-8-9-20(29-16)17-10-14(2)15(3)11-19(17)25(27)28/h4-12H,1-3H3/b21-12-. The van der Waals surface area contributed by atoms with Crippen molar-refractivity contribution in [1.82, 2.24) is 0 Å². The molecule has 4 rings (SSSR count). The highest BCUT2D eigenvalue weighted by atomic mass is 32.2. The first kappa shape index (κ1) is 21.0. The van der Waals surface area contributed by atoms with Crippen molar-refractivity contribution in [2.24, 2.45) is 0 Å². The van der Waals surface area contributed by atoms with Gasteiger partial charge in [-0.1, -0.05) is 42.2 Å². The molecule has 0 bridgehead atoms. The number of nitro groups is 1. The Morgan fingerprint density at radius 3 is 2.48 bits per heavy atom. The van der Waals surface area contributed by atoms with Crippen LogP contribution >= 0.6 is 24.0 Å². The molecule has 0 saturated carbocycles. The van der Waals surface area contributed by atoms with Gasteiger partial charge in [-0.05, 0) is 61.7 Å². The van der Waals surface area contributed by atoms with Gasteiger partial charge >= 0.3 is 0 Å². The Morgan fingerprint density at radius 1 is 1.06 bits per heavy atom.